The molecule has 0 spiro atoms. The maximum atomic E-state index is 12.2. The molecule has 6 nitrogen and oxygen atoms in total. The molecule has 21 heavy (non-hydrogen) atoms. The Balaban J connectivity index is 4.68. The van der Waals surface area contributed by atoms with E-state index in [-0.39, 0.29) is 22.2 Å². The summed E-state index contributed by atoms with van der Waals surface area (Å²) >= 11 is 1.93. The fourth-order valence-electron chi connectivity index (χ4n) is 1.50. The van der Waals surface area contributed by atoms with Gasteiger partial charge in [-0.1, -0.05) is 36.4 Å². The lowest BCUT2D eigenvalue weighted by Gasteiger charge is -2.25. The van der Waals surface area contributed by atoms with Gasteiger partial charge in [-0.2, -0.15) is 0 Å². The van der Waals surface area contributed by atoms with Crippen LogP contribution in [0.3, 0.4) is 0 Å². The highest BCUT2D eigenvalue weighted by Gasteiger charge is 2.28. The topological polar surface area (TPSA) is 84.5 Å². The maximum absolute atomic E-state index is 12.2. The Kier molecular flexibility index (Phi) is 8.20. The smallest absolute Gasteiger partial charge is 0.328 e. The largest absolute Gasteiger partial charge is 0.458 e. The number of amides is 2. The van der Waals surface area contributed by atoms with Crippen LogP contribution in [-0.2, 0) is 19.1 Å². The van der Waals surface area contributed by atoms with E-state index in [2.05, 4.69) is 10.6 Å². The lowest BCUT2D eigenvalue weighted by atomic mass is 10.0. The first-order valence-electron chi connectivity index (χ1n) is 6.86. The van der Waals surface area contributed by atoms with Gasteiger partial charge >= 0.3 is 5.97 Å². The van der Waals surface area contributed by atoms with E-state index in [0.29, 0.717) is 0 Å². The highest BCUT2D eigenvalue weighted by molar-refractivity contribution is 14.1. The Bertz CT molecular complexity index is 391. The Morgan fingerprint density at radius 2 is 1.62 bits per heavy atom. The molecule has 122 valence electrons. The Labute approximate surface area is 139 Å². The molecule has 0 aromatic heterocycles. The van der Waals surface area contributed by atoms with Crippen molar-refractivity contribution in [2.75, 3.05) is 4.43 Å². The van der Waals surface area contributed by atoms with Crippen LogP contribution >= 0.6 is 22.6 Å². The van der Waals surface area contributed by atoms with Gasteiger partial charge in [0.2, 0.25) is 11.8 Å². The number of ether oxygens (including phenoxy) is 1. The van der Waals surface area contributed by atoms with Crippen LogP contribution in [0.1, 0.15) is 41.5 Å². The molecule has 0 heterocycles. The zero-order valence-electron chi connectivity index (χ0n) is 13.5. The SMILES string of the molecule is CC(NC(=O)[C@@H](NC(=O)CI)C(C)C)C(=O)OC(C)(C)C. The standard InChI is InChI=1S/C14H25IN2O4/c1-8(2)11(17-10(18)7-15)12(19)16-9(3)13(20)21-14(4,5)6/h8-9,11H,7H2,1-6H3,(H,16,19)(H,17,18)/t9?,11-/m0/s1. The molecule has 2 N–H and O–H groups in total. The number of nitrogens with one attached hydrogen (secondary N) is 2. The summed E-state index contributed by atoms with van der Waals surface area (Å²) in [6.45, 7) is 10.5. The summed E-state index contributed by atoms with van der Waals surface area (Å²) in [4.78, 5) is 35.5. The lowest BCUT2D eigenvalue weighted by Crippen LogP contribution is -2.53. The van der Waals surface area contributed by atoms with Crippen molar-refractivity contribution in [2.24, 2.45) is 5.92 Å². The van der Waals surface area contributed by atoms with Gasteiger partial charge in [-0.15, -0.1) is 0 Å². The number of hydrogen-bond acceptors (Lipinski definition) is 4. The second kappa shape index (κ2) is 8.55. The van der Waals surface area contributed by atoms with E-state index < -0.39 is 23.7 Å². The van der Waals surface area contributed by atoms with Gasteiger partial charge in [0.25, 0.3) is 0 Å². The molecule has 0 aromatic rings. The summed E-state index contributed by atoms with van der Waals surface area (Å²) in [5, 5.41) is 5.23. The molecule has 2 amide bonds. The summed E-state index contributed by atoms with van der Waals surface area (Å²) in [7, 11) is 0. The molecule has 0 fully saturated rings. The molecule has 0 rings (SSSR count). The van der Waals surface area contributed by atoms with Crippen LogP contribution in [0, 0.1) is 5.92 Å². The summed E-state index contributed by atoms with van der Waals surface area (Å²) < 4.78 is 5.47. The minimum absolute atomic E-state index is 0.0808. The number of carbonyl (C=O) groups is 3. The third-order valence-corrected chi connectivity index (χ3v) is 3.20. The minimum Gasteiger partial charge on any atom is -0.458 e. The van der Waals surface area contributed by atoms with Crippen molar-refractivity contribution in [3.8, 4) is 0 Å². The first kappa shape index (κ1) is 20.1. The second-order valence-electron chi connectivity index (χ2n) is 6.19. The second-order valence-corrected chi connectivity index (χ2v) is 6.95. The average molecular weight is 412 g/mol. The molecule has 0 saturated heterocycles. The zero-order valence-corrected chi connectivity index (χ0v) is 15.6. The molecule has 0 aliphatic heterocycles. The van der Waals surface area contributed by atoms with Gasteiger partial charge in [-0.25, -0.2) is 4.79 Å². The summed E-state index contributed by atoms with van der Waals surface area (Å²) in [5.41, 5.74) is -0.608. The number of carbonyl (C=O) groups excluding carboxylic acids is 3. The van der Waals surface area contributed by atoms with Gasteiger partial charge in [-0.05, 0) is 33.6 Å². The Hall–Kier alpha value is -0.860. The van der Waals surface area contributed by atoms with Crippen molar-refractivity contribution in [2.45, 2.75) is 59.2 Å². The normalized spacial score (nSPS) is 14.3. The van der Waals surface area contributed by atoms with Gasteiger partial charge in [0.15, 0.2) is 0 Å². The molecule has 0 saturated carbocycles. The van der Waals surface area contributed by atoms with Gasteiger partial charge in [-0.3, -0.25) is 9.59 Å². The van der Waals surface area contributed by atoms with E-state index in [0.717, 1.165) is 0 Å². The van der Waals surface area contributed by atoms with Crippen molar-refractivity contribution < 1.29 is 19.1 Å². The molecule has 1 unspecified atom stereocenters. The van der Waals surface area contributed by atoms with E-state index in [9.17, 15) is 14.4 Å². The first-order chi connectivity index (χ1) is 9.47. The lowest BCUT2D eigenvalue weighted by molar-refractivity contribution is -0.158. The van der Waals surface area contributed by atoms with E-state index in [4.69, 9.17) is 4.74 Å². The van der Waals surface area contributed by atoms with Crippen LogP contribution in [-0.4, -0.2) is 39.9 Å². The quantitative estimate of drug-likeness (QED) is 0.393. The van der Waals surface area contributed by atoms with Gasteiger partial charge in [0.1, 0.15) is 17.7 Å². The molecule has 2 atom stereocenters. The summed E-state index contributed by atoms with van der Waals surface area (Å²) in [6.07, 6.45) is 0. The molecule has 0 aliphatic rings. The van der Waals surface area contributed by atoms with Crippen LogP contribution in [0.2, 0.25) is 0 Å². The van der Waals surface area contributed by atoms with Crippen LogP contribution in [0.15, 0.2) is 0 Å². The molecule has 7 heteroatoms. The molecule has 0 aromatic carbocycles. The van der Waals surface area contributed by atoms with Crippen molar-refractivity contribution >= 4 is 40.4 Å². The van der Waals surface area contributed by atoms with Crippen molar-refractivity contribution in [3.05, 3.63) is 0 Å². The predicted octanol–water partition coefficient (Wildman–Crippen LogP) is 1.41. The van der Waals surface area contributed by atoms with Crippen molar-refractivity contribution in [3.63, 3.8) is 0 Å². The van der Waals surface area contributed by atoms with Crippen LogP contribution in [0.25, 0.3) is 0 Å². The highest BCUT2D eigenvalue weighted by atomic mass is 127. The fraction of sp³-hybridized carbons (Fsp3) is 0.786. The summed E-state index contributed by atoms with van der Waals surface area (Å²) in [5.74, 6) is -1.18. The number of rotatable bonds is 6. The van der Waals surface area contributed by atoms with Crippen molar-refractivity contribution in [1.82, 2.24) is 10.6 Å². The van der Waals surface area contributed by atoms with E-state index in [1.807, 2.05) is 36.4 Å². The van der Waals surface area contributed by atoms with Crippen molar-refractivity contribution in [1.29, 1.82) is 0 Å². The maximum Gasteiger partial charge on any atom is 0.328 e. The third-order valence-electron chi connectivity index (χ3n) is 2.51. The van der Waals surface area contributed by atoms with E-state index in [1.165, 1.54) is 0 Å². The highest BCUT2D eigenvalue weighted by Crippen LogP contribution is 2.09. The average Bonchev–Trinajstić information content (AvgIpc) is 2.32. The number of esters is 1. The van der Waals surface area contributed by atoms with Gasteiger partial charge in [0, 0.05) is 0 Å². The van der Waals surface area contributed by atoms with Gasteiger partial charge < -0.3 is 15.4 Å². The molecule has 0 bridgehead atoms. The molecule has 0 radical (unpaired) electrons. The van der Waals surface area contributed by atoms with Crippen LogP contribution in [0.5, 0.6) is 0 Å². The monoisotopic (exact) mass is 412 g/mol. The Morgan fingerprint density at radius 3 is 2.00 bits per heavy atom. The minimum atomic E-state index is -0.769. The van der Waals surface area contributed by atoms with E-state index >= 15 is 0 Å². The van der Waals surface area contributed by atoms with Crippen LogP contribution in [0.4, 0.5) is 0 Å². The molecular formula is C14H25IN2O4. The number of alkyl halides is 1. The van der Waals surface area contributed by atoms with Crippen LogP contribution < -0.4 is 10.6 Å². The zero-order chi connectivity index (χ0) is 16.8. The number of hydrogen-bond donors (Lipinski definition) is 2. The molecular weight excluding hydrogens is 387 g/mol. The Morgan fingerprint density at radius 1 is 1.10 bits per heavy atom. The predicted molar refractivity (Wildman–Crippen MR) is 89.1 cm³/mol. The van der Waals surface area contributed by atoms with Gasteiger partial charge in [0.05, 0.1) is 4.43 Å². The fourth-order valence-corrected chi connectivity index (χ4v) is 1.72. The first-order valence-corrected chi connectivity index (χ1v) is 8.39. The molecule has 0 aliphatic carbocycles. The summed E-state index contributed by atoms with van der Waals surface area (Å²) in [6, 6.07) is -1.44. The van der Waals surface area contributed by atoms with E-state index in [1.54, 1.807) is 27.7 Å². The third kappa shape index (κ3) is 8.23. The number of halogens is 1.